The molecular weight excluding hydrogens is 354 g/mol. The number of H-pyrrole nitrogens is 1. The van der Waals surface area contributed by atoms with Crippen LogP contribution in [-0.2, 0) is 6.54 Å². The van der Waals surface area contributed by atoms with Crippen molar-refractivity contribution in [3.05, 3.63) is 89.9 Å². The molecule has 0 radical (unpaired) electrons. The molecule has 0 aliphatic carbocycles. The van der Waals surface area contributed by atoms with Gasteiger partial charge in [0.05, 0.1) is 29.5 Å². The van der Waals surface area contributed by atoms with E-state index in [1.807, 2.05) is 24.3 Å². The van der Waals surface area contributed by atoms with Gasteiger partial charge in [-0.1, -0.05) is 24.3 Å². The largest absolute Gasteiger partial charge is 0.346 e. The summed E-state index contributed by atoms with van der Waals surface area (Å²) in [5, 5.41) is 13.3. The molecule has 28 heavy (non-hydrogen) atoms. The zero-order chi connectivity index (χ0) is 19.3. The quantitative estimate of drug-likeness (QED) is 0.502. The van der Waals surface area contributed by atoms with E-state index in [0.717, 1.165) is 11.1 Å². The highest BCUT2D eigenvalue weighted by Crippen LogP contribution is 2.18. The molecule has 0 fully saturated rings. The van der Waals surface area contributed by atoms with Crippen molar-refractivity contribution in [3.63, 3.8) is 0 Å². The molecule has 0 aliphatic rings. The maximum Gasteiger partial charge on any atom is 0.257 e. The molecule has 4 rings (SSSR count). The van der Waals surface area contributed by atoms with Gasteiger partial charge in [0.15, 0.2) is 0 Å². The van der Waals surface area contributed by atoms with Gasteiger partial charge in [0.25, 0.3) is 11.8 Å². The van der Waals surface area contributed by atoms with Crippen molar-refractivity contribution in [2.24, 2.45) is 0 Å². The van der Waals surface area contributed by atoms with Gasteiger partial charge in [-0.3, -0.25) is 19.7 Å². The number of carbonyl (C=O) groups is 2. The van der Waals surface area contributed by atoms with Crippen LogP contribution in [0.4, 0.5) is 5.69 Å². The Labute approximate surface area is 160 Å². The summed E-state index contributed by atoms with van der Waals surface area (Å²) in [6, 6.07) is 17.7. The molecule has 0 spiro atoms. The molecule has 2 heterocycles. The minimum absolute atomic E-state index is 0.238. The van der Waals surface area contributed by atoms with Crippen LogP contribution >= 0.6 is 0 Å². The summed E-state index contributed by atoms with van der Waals surface area (Å²) in [6.07, 6.45) is 3.34. The summed E-state index contributed by atoms with van der Waals surface area (Å²) in [5.74, 6) is -0.515. The van der Waals surface area contributed by atoms with Crippen LogP contribution in [0.25, 0.3) is 10.9 Å². The fourth-order valence-electron chi connectivity index (χ4n) is 2.87. The molecule has 0 aliphatic heterocycles. The molecule has 2 aromatic heterocycles. The number of carbonyl (C=O) groups excluding carboxylic acids is 2. The van der Waals surface area contributed by atoms with Crippen molar-refractivity contribution in [1.29, 1.82) is 0 Å². The highest BCUT2D eigenvalue weighted by Gasteiger charge is 2.13. The fraction of sp³-hybridized carbons (Fsp3) is 0.0476. The number of rotatable bonds is 5. The van der Waals surface area contributed by atoms with Gasteiger partial charge in [-0.2, -0.15) is 5.10 Å². The maximum absolute atomic E-state index is 12.7. The first-order chi connectivity index (χ1) is 13.7. The zero-order valence-corrected chi connectivity index (χ0v) is 14.8. The summed E-state index contributed by atoms with van der Waals surface area (Å²) < 4.78 is 0. The van der Waals surface area contributed by atoms with E-state index >= 15 is 0 Å². The number of para-hydroxylation sites is 1. The van der Waals surface area contributed by atoms with Crippen LogP contribution in [-0.4, -0.2) is 27.0 Å². The number of amides is 2. The van der Waals surface area contributed by atoms with Gasteiger partial charge in [0.2, 0.25) is 0 Å². The number of anilines is 1. The molecule has 0 atom stereocenters. The van der Waals surface area contributed by atoms with Crippen molar-refractivity contribution in [2.75, 3.05) is 5.32 Å². The smallest absolute Gasteiger partial charge is 0.257 e. The minimum atomic E-state index is -0.277. The van der Waals surface area contributed by atoms with Gasteiger partial charge in [0, 0.05) is 22.8 Å². The van der Waals surface area contributed by atoms with Crippen LogP contribution < -0.4 is 10.6 Å². The summed E-state index contributed by atoms with van der Waals surface area (Å²) >= 11 is 0. The molecule has 7 heteroatoms. The van der Waals surface area contributed by atoms with E-state index < -0.39 is 0 Å². The number of nitrogens with one attached hydrogen (secondary N) is 3. The molecular formula is C21H17N5O2. The van der Waals surface area contributed by atoms with Crippen molar-refractivity contribution < 1.29 is 9.59 Å². The first kappa shape index (κ1) is 17.4. The SMILES string of the molecule is O=C(NCc1ccccn1)c1cccc(NC(=O)c2cccc3cn[nH]c23)c1. The molecule has 3 N–H and O–H groups in total. The van der Waals surface area contributed by atoms with E-state index in [1.165, 1.54) is 0 Å². The molecule has 0 saturated heterocycles. The van der Waals surface area contributed by atoms with Crippen LogP contribution in [0.2, 0.25) is 0 Å². The Balaban J connectivity index is 1.47. The van der Waals surface area contributed by atoms with Crippen LogP contribution in [0.5, 0.6) is 0 Å². The second-order valence-corrected chi connectivity index (χ2v) is 6.18. The number of pyridine rings is 1. The lowest BCUT2D eigenvalue weighted by Crippen LogP contribution is -2.23. The van der Waals surface area contributed by atoms with Gasteiger partial charge < -0.3 is 10.6 Å². The molecule has 2 amide bonds. The number of fused-ring (bicyclic) bond motifs is 1. The second kappa shape index (κ2) is 7.71. The Bertz CT molecular complexity index is 1140. The fourth-order valence-corrected chi connectivity index (χ4v) is 2.87. The molecule has 0 saturated carbocycles. The van der Waals surface area contributed by atoms with Gasteiger partial charge in [-0.05, 0) is 36.4 Å². The first-order valence-corrected chi connectivity index (χ1v) is 8.72. The Morgan fingerprint density at radius 3 is 2.71 bits per heavy atom. The maximum atomic E-state index is 12.7. The molecule has 0 unspecified atom stereocenters. The number of hydrogen-bond acceptors (Lipinski definition) is 4. The van der Waals surface area contributed by atoms with Crippen LogP contribution in [0.3, 0.4) is 0 Å². The molecule has 2 aromatic carbocycles. The van der Waals surface area contributed by atoms with E-state index in [4.69, 9.17) is 0 Å². The highest BCUT2D eigenvalue weighted by molar-refractivity contribution is 6.12. The Kier molecular flexibility index (Phi) is 4.79. The highest BCUT2D eigenvalue weighted by atomic mass is 16.2. The Morgan fingerprint density at radius 2 is 1.86 bits per heavy atom. The summed E-state index contributed by atoms with van der Waals surface area (Å²) in [6.45, 7) is 0.331. The van der Waals surface area contributed by atoms with E-state index in [-0.39, 0.29) is 11.8 Å². The Hall–Kier alpha value is -4.00. The second-order valence-electron chi connectivity index (χ2n) is 6.18. The molecule has 138 valence electrons. The third-order valence-corrected chi connectivity index (χ3v) is 4.26. The zero-order valence-electron chi connectivity index (χ0n) is 14.8. The molecule has 4 aromatic rings. The standard InChI is InChI=1S/C21H17N5O2/c27-20(23-13-17-7-1-2-10-22-17)14-5-3-8-16(11-14)25-21(28)18-9-4-6-15-12-24-26-19(15)18/h1-12H,13H2,(H,23,27)(H,24,26)(H,25,28). The predicted octanol–water partition coefficient (Wildman–Crippen LogP) is 3.14. The average Bonchev–Trinajstić information content (AvgIpc) is 3.22. The molecule has 7 nitrogen and oxygen atoms in total. The van der Waals surface area contributed by atoms with Crippen molar-refractivity contribution in [3.8, 4) is 0 Å². The number of nitrogens with zero attached hydrogens (tertiary/aromatic N) is 2. The van der Waals surface area contributed by atoms with Gasteiger partial charge in [-0.25, -0.2) is 0 Å². The lowest BCUT2D eigenvalue weighted by atomic mass is 10.1. The van der Waals surface area contributed by atoms with Gasteiger partial charge in [-0.15, -0.1) is 0 Å². The number of aromatic nitrogens is 3. The Morgan fingerprint density at radius 1 is 0.964 bits per heavy atom. The normalized spacial score (nSPS) is 10.6. The lowest BCUT2D eigenvalue weighted by Gasteiger charge is -2.09. The minimum Gasteiger partial charge on any atom is -0.346 e. The third-order valence-electron chi connectivity index (χ3n) is 4.26. The van der Waals surface area contributed by atoms with E-state index in [9.17, 15) is 9.59 Å². The van der Waals surface area contributed by atoms with Crippen molar-refractivity contribution in [1.82, 2.24) is 20.5 Å². The van der Waals surface area contributed by atoms with E-state index in [0.29, 0.717) is 28.9 Å². The number of aromatic amines is 1. The first-order valence-electron chi connectivity index (χ1n) is 8.72. The van der Waals surface area contributed by atoms with Crippen molar-refractivity contribution >= 4 is 28.4 Å². The average molecular weight is 371 g/mol. The summed E-state index contributed by atoms with van der Waals surface area (Å²) in [7, 11) is 0. The van der Waals surface area contributed by atoms with Crippen molar-refractivity contribution in [2.45, 2.75) is 6.54 Å². The van der Waals surface area contributed by atoms with Crippen LogP contribution in [0.15, 0.2) is 73.1 Å². The number of hydrogen-bond donors (Lipinski definition) is 3. The summed E-state index contributed by atoms with van der Waals surface area (Å²) in [4.78, 5) is 29.2. The lowest BCUT2D eigenvalue weighted by molar-refractivity contribution is 0.0949. The van der Waals surface area contributed by atoms with Gasteiger partial charge >= 0.3 is 0 Å². The monoisotopic (exact) mass is 371 g/mol. The summed E-state index contributed by atoms with van der Waals surface area (Å²) in [5.41, 5.74) is 2.91. The molecule has 0 bridgehead atoms. The van der Waals surface area contributed by atoms with E-state index in [2.05, 4.69) is 25.8 Å². The van der Waals surface area contributed by atoms with Crippen LogP contribution in [0.1, 0.15) is 26.4 Å². The topological polar surface area (TPSA) is 99.8 Å². The number of benzene rings is 2. The predicted molar refractivity (Wildman–Crippen MR) is 106 cm³/mol. The van der Waals surface area contributed by atoms with E-state index in [1.54, 1.807) is 48.8 Å². The van der Waals surface area contributed by atoms with Gasteiger partial charge in [0.1, 0.15) is 0 Å². The third kappa shape index (κ3) is 3.73. The van der Waals surface area contributed by atoms with Crippen LogP contribution in [0, 0.1) is 0 Å².